The average molecular weight is 439 g/mol. The number of aromatic nitrogens is 2. The van der Waals surface area contributed by atoms with Crippen molar-refractivity contribution in [1.29, 1.82) is 0 Å². The van der Waals surface area contributed by atoms with Crippen LogP contribution in [0.5, 0.6) is 0 Å². The number of nitrogens with zero attached hydrogens (tertiary/aromatic N) is 4. The van der Waals surface area contributed by atoms with Crippen LogP contribution in [0, 0.1) is 0 Å². The van der Waals surface area contributed by atoms with Crippen molar-refractivity contribution in [2.45, 2.75) is 26.7 Å². The van der Waals surface area contributed by atoms with E-state index in [1.165, 1.54) is 0 Å². The topological polar surface area (TPSA) is 69.0 Å². The number of hydrogen-bond donors (Lipinski definition) is 0. The lowest BCUT2D eigenvalue weighted by molar-refractivity contribution is 0.111. The lowest BCUT2D eigenvalue weighted by Gasteiger charge is -2.02. The minimum Gasteiger partial charge on any atom is -0.396 e. The molecule has 6 nitrogen and oxygen atoms in total. The Hall–Kier alpha value is -2.84. The van der Waals surface area contributed by atoms with E-state index < -0.39 is 0 Å². The van der Waals surface area contributed by atoms with E-state index >= 15 is 0 Å². The van der Waals surface area contributed by atoms with E-state index in [1.807, 2.05) is 50.2 Å². The summed E-state index contributed by atoms with van der Waals surface area (Å²) in [5, 5.41) is 10.1. The zero-order chi connectivity index (χ0) is 20.8. The first-order valence-corrected chi connectivity index (χ1v) is 11.4. The van der Waals surface area contributed by atoms with Gasteiger partial charge >= 0.3 is 0 Å². The maximum atomic E-state index is 5.43. The summed E-state index contributed by atoms with van der Waals surface area (Å²) in [7, 11) is 0. The molecule has 2 heterocycles. The maximum absolute atomic E-state index is 5.43. The predicted molar refractivity (Wildman–Crippen MR) is 125 cm³/mol. The normalized spacial score (nSPS) is 12.6. The molecule has 0 saturated heterocycles. The Bertz CT molecular complexity index is 1040. The van der Waals surface area contributed by atoms with Crippen LogP contribution in [0.15, 0.2) is 58.8 Å². The fourth-order valence-electron chi connectivity index (χ4n) is 2.75. The van der Waals surface area contributed by atoms with Gasteiger partial charge in [0.25, 0.3) is 0 Å². The molecule has 0 N–H and O–H groups in total. The Morgan fingerprint density at radius 1 is 0.733 bits per heavy atom. The molecule has 0 radical (unpaired) electrons. The van der Waals surface area contributed by atoms with Gasteiger partial charge in [-0.1, -0.05) is 34.6 Å². The van der Waals surface area contributed by atoms with Gasteiger partial charge in [0.2, 0.25) is 0 Å². The number of rotatable bonds is 9. The van der Waals surface area contributed by atoms with E-state index in [2.05, 4.69) is 32.4 Å². The van der Waals surface area contributed by atoms with Gasteiger partial charge in [0.1, 0.15) is 34.7 Å². The van der Waals surface area contributed by atoms with Crippen molar-refractivity contribution in [3.05, 3.63) is 58.5 Å². The highest BCUT2D eigenvalue weighted by Crippen LogP contribution is 2.23. The zero-order valence-electron chi connectivity index (χ0n) is 16.9. The molecule has 2 aromatic carbocycles. The number of hydrogen-bond acceptors (Lipinski definition) is 8. The highest BCUT2D eigenvalue weighted by molar-refractivity contribution is 7.20. The van der Waals surface area contributed by atoms with Crippen molar-refractivity contribution < 1.29 is 9.68 Å². The number of oxime groups is 2. The molecular weight excluding hydrogens is 416 g/mol. The molecule has 0 aliphatic heterocycles. The number of unbranched alkanes of at least 4 members (excludes halogenated alkanes) is 1. The second kappa shape index (κ2) is 9.77. The molecule has 0 aliphatic carbocycles. The predicted octanol–water partition coefficient (Wildman–Crippen LogP) is 5.87. The first kappa shape index (κ1) is 20.4. The summed E-state index contributed by atoms with van der Waals surface area (Å²) >= 11 is 3.24. The molecule has 154 valence electrons. The standard InChI is InChI=1S/C22H22N4O2S2/c1-15(21-23-17-9-3-5-11-19(17)29-21)25-27-13-7-8-14-28-26-16(2)22-24-18-10-4-6-12-20(18)30-22/h3-6,9-12H,7-8,13-14H2,1-2H3. The first-order valence-electron chi connectivity index (χ1n) is 9.76. The second-order valence-corrected chi connectivity index (χ2v) is 8.76. The van der Waals surface area contributed by atoms with Crippen LogP contribution in [-0.4, -0.2) is 34.6 Å². The van der Waals surface area contributed by atoms with Gasteiger partial charge in [-0.15, -0.1) is 22.7 Å². The van der Waals surface area contributed by atoms with Crippen molar-refractivity contribution in [1.82, 2.24) is 9.97 Å². The second-order valence-electron chi connectivity index (χ2n) is 6.70. The summed E-state index contributed by atoms with van der Waals surface area (Å²) in [5.41, 5.74) is 3.57. The quantitative estimate of drug-likeness (QED) is 0.186. The van der Waals surface area contributed by atoms with E-state index in [0.29, 0.717) is 13.2 Å². The van der Waals surface area contributed by atoms with Gasteiger partial charge in [-0.2, -0.15) is 0 Å². The Morgan fingerprint density at radius 2 is 1.17 bits per heavy atom. The molecule has 0 saturated carbocycles. The summed E-state index contributed by atoms with van der Waals surface area (Å²) in [5.74, 6) is 0. The molecule has 30 heavy (non-hydrogen) atoms. The molecule has 0 spiro atoms. The molecule has 0 aliphatic rings. The van der Waals surface area contributed by atoms with E-state index in [9.17, 15) is 0 Å². The summed E-state index contributed by atoms with van der Waals surface area (Å²) < 4.78 is 2.31. The Balaban J connectivity index is 1.17. The molecule has 0 fully saturated rings. The van der Waals surface area contributed by atoms with E-state index in [1.54, 1.807) is 22.7 Å². The van der Waals surface area contributed by atoms with Crippen LogP contribution < -0.4 is 0 Å². The summed E-state index contributed by atoms with van der Waals surface area (Å²) in [6.45, 7) is 4.90. The Morgan fingerprint density at radius 3 is 1.60 bits per heavy atom. The van der Waals surface area contributed by atoms with Gasteiger partial charge in [0, 0.05) is 0 Å². The number of para-hydroxylation sites is 2. The highest BCUT2D eigenvalue weighted by atomic mass is 32.1. The van der Waals surface area contributed by atoms with Crippen LogP contribution in [-0.2, 0) is 9.68 Å². The lowest BCUT2D eigenvalue weighted by atomic mass is 10.3. The zero-order valence-corrected chi connectivity index (χ0v) is 18.5. The summed E-state index contributed by atoms with van der Waals surface area (Å²) in [6, 6.07) is 16.1. The van der Waals surface area contributed by atoms with Crippen molar-refractivity contribution in [3.8, 4) is 0 Å². The molecule has 2 aromatic heterocycles. The SMILES string of the molecule is CC(=NOCCCCON=C(C)c1nc2ccccc2s1)c1nc2ccccc2s1. The third-order valence-electron chi connectivity index (χ3n) is 4.33. The fraction of sp³-hybridized carbons (Fsp3) is 0.273. The molecule has 0 bridgehead atoms. The van der Waals surface area contributed by atoms with Gasteiger partial charge in [-0.25, -0.2) is 9.97 Å². The molecular formula is C22H22N4O2S2. The third-order valence-corrected chi connectivity index (χ3v) is 6.62. The van der Waals surface area contributed by atoms with E-state index in [4.69, 9.17) is 9.68 Å². The van der Waals surface area contributed by atoms with Gasteiger partial charge in [0.05, 0.1) is 20.4 Å². The van der Waals surface area contributed by atoms with Crippen LogP contribution in [0.25, 0.3) is 20.4 Å². The number of thiazole rings is 2. The van der Waals surface area contributed by atoms with Crippen LogP contribution in [0.2, 0.25) is 0 Å². The van der Waals surface area contributed by atoms with E-state index in [0.717, 1.165) is 54.7 Å². The maximum Gasteiger partial charge on any atom is 0.142 e. The van der Waals surface area contributed by atoms with Crippen LogP contribution >= 0.6 is 22.7 Å². The third kappa shape index (κ3) is 5.01. The van der Waals surface area contributed by atoms with Crippen LogP contribution in [0.1, 0.15) is 36.7 Å². The molecule has 4 rings (SSSR count). The minimum atomic E-state index is 0.534. The van der Waals surface area contributed by atoms with Crippen molar-refractivity contribution >= 4 is 54.5 Å². The number of fused-ring (bicyclic) bond motifs is 2. The van der Waals surface area contributed by atoms with Crippen molar-refractivity contribution in [2.24, 2.45) is 10.3 Å². The lowest BCUT2D eigenvalue weighted by Crippen LogP contribution is -1.99. The number of benzene rings is 2. The summed E-state index contributed by atoms with van der Waals surface area (Å²) in [6.07, 6.45) is 1.68. The van der Waals surface area contributed by atoms with Crippen LogP contribution in [0.3, 0.4) is 0 Å². The molecule has 0 unspecified atom stereocenters. The smallest absolute Gasteiger partial charge is 0.142 e. The van der Waals surface area contributed by atoms with Gasteiger partial charge in [-0.3, -0.25) is 0 Å². The minimum absolute atomic E-state index is 0.534. The average Bonchev–Trinajstić information content (AvgIpc) is 3.39. The molecule has 4 aromatic rings. The highest BCUT2D eigenvalue weighted by Gasteiger charge is 2.07. The monoisotopic (exact) mass is 438 g/mol. The summed E-state index contributed by atoms with van der Waals surface area (Å²) in [4.78, 5) is 20.0. The van der Waals surface area contributed by atoms with E-state index in [-0.39, 0.29) is 0 Å². The largest absolute Gasteiger partial charge is 0.396 e. The van der Waals surface area contributed by atoms with Crippen molar-refractivity contribution in [2.75, 3.05) is 13.2 Å². The fourth-order valence-corrected chi connectivity index (χ4v) is 4.55. The van der Waals surface area contributed by atoms with Gasteiger partial charge < -0.3 is 9.68 Å². The van der Waals surface area contributed by atoms with Gasteiger partial charge in [0.15, 0.2) is 0 Å². The Labute approximate surface area is 182 Å². The molecule has 0 amide bonds. The van der Waals surface area contributed by atoms with Crippen LogP contribution in [0.4, 0.5) is 0 Å². The van der Waals surface area contributed by atoms with Gasteiger partial charge in [-0.05, 0) is 51.0 Å². The first-order chi connectivity index (χ1) is 14.7. The molecule has 0 atom stereocenters. The Kier molecular flexibility index (Phi) is 6.66. The van der Waals surface area contributed by atoms with Crippen molar-refractivity contribution in [3.63, 3.8) is 0 Å². The molecule has 8 heteroatoms.